The van der Waals surface area contributed by atoms with E-state index in [1.165, 1.54) is 32.1 Å². The van der Waals surface area contributed by atoms with Gasteiger partial charge in [0.15, 0.2) is 5.96 Å². The van der Waals surface area contributed by atoms with Crippen LogP contribution in [-0.2, 0) is 11.3 Å². The van der Waals surface area contributed by atoms with Crippen LogP contribution < -0.4 is 16.0 Å². The molecule has 0 radical (unpaired) electrons. The lowest BCUT2D eigenvalue weighted by Crippen LogP contribution is -2.44. The van der Waals surface area contributed by atoms with Gasteiger partial charge in [0.25, 0.3) is 0 Å². The zero-order valence-corrected chi connectivity index (χ0v) is 16.7. The molecule has 0 saturated heterocycles. The van der Waals surface area contributed by atoms with E-state index in [4.69, 9.17) is 0 Å². The molecule has 2 rings (SSSR count). The van der Waals surface area contributed by atoms with Crippen LogP contribution in [-0.4, -0.2) is 31.0 Å². The van der Waals surface area contributed by atoms with E-state index < -0.39 is 0 Å². The van der Waals surface area contributed by atoms with Gasteiger partial charge < -0.3 is 16.0 Å². The second-order valence-corrected chi connectivity index (χ2v) is 5.94. The third-order valence-electron chi connectivity index (χ3n) is 4.00. The van der Waals surface area contributed by atoms with Crippen molar-refractivity contribution in [1.82, 2.24) is 16.0 Å². The molecule has 0 spiro atoms. The molecular weight excluding hydrogens is 415 g/mol. The van der Waals surface area contributed by atoms with E-state index in [2.05, 4.69) is 20.9 Å². The van der Waals surface area contributed by atoms with Crippen LogP contribution in [0.1, 0.15) is 44.6 Å². The van der Waals surface area contributed by atoms with E-state index in [-0.39, 0.29) is 36.4 Å². The molecule has 1 amide bonds. The van der Waals surface area contributed by atoms with E-state index >= 15 is 0 Å². The number of hydrogen-bond donors (Lipinski definition) is 3. The Bertz CT molecular complexity index is 501. The smallest absolute Gasteiger partial charge is 0.242 e. The van der Waals surface area contributed by atoms with Crippen LogP contribution in [0.3, 0.4) is 0 Å². The summed E-state index contributed by atoms with van der Waals surface area (Å²) in [5.74, 6) is 0.684. The first-order chi connectivity index (χ1) is 11.3. The van der Waals surface area contributed by atoms with Gasteiger partial charge in [-0.25, -0.2) is 4.99 Å². The maximum Gasteiger partial charge on any atom is 0.242 e. The SMILES string of the molecule is CCNC(=NCC(=O)NCc1ccccc1)NC1CCCCC1.I. The molecule has 0 aliphatic heterocycles. The molecule has 1 aromatic rings. The Hall–Kier alpha value is -1.31. The zero-order chi connectivity index (χ0) is 16.3. The minimum absolute atomic E-state index is 0. The molecule has 0 aromatic heterocycles. The number of carbonyl (C=O) groups excluding carboxylic acids is 1. The number of nitrogens with zero attached hydrogens (tertiary/aromatic N) is 1. The van der Waals surface area contributed by atoms with Gasteiger partial charge in [0.2, 0.25) is 5.91 Å². The van der Waals surface area contributed by atoms with Gasteiger partial charge in [-0.3, -0.25) is 4.79 Å². The van der Waals surface area contributed by atoms with E-state index in [1.54, 1.807) is 0 Å². The number of aliphatic imine (C=N–C) groups is 1. The van der Waals surface area contributed by atoms with Gasteiger partial charge in [-0.2, -0.15) is 0 Å². The number of halogens is 1. The van der Waals surface area contributed by atoms with E-state index in [9.17, 15) is 4.79 Å². The summed E-state index contributed by atoms with van der Waals surface area (Å²) in [6, 6.07) is 10.4. The van der Waals surface area contributed by atoms with Gasteiger partial charge in [0.05, 0.1) is 0 Å². The highest BCUT2D eigenvalue weighted by Gasteiger charge is 2.14. The number of hydrogen-bond acceptors (Lipinski definition) is 2. The molecule has 134 valence electrons. The van der Waals surface area contributed by atoms with Crippen molar-refractivity contribution in [2.75, 3.05) is 13.1 Å². The number of guanidine groups is 1. The normalized spacial score (nSPS) is 15.3. The second-order valence-electron chi connectivity index (χ2n) is 5.94. The van der Waals surface area contributed by atoms with Gasteiger partial charge in [-0.05, 0) is 25.3 Å². The molecule has 3 N–H and O–H groups in total. The predicted octanol–water partition coefficient (Wildman–Crippen LogP) is 2.81. The standard InChI is InChI=1S/C18H28N4O.HI/c1-2-19-18(22-16-11-7-4-8-12-16)21-14-17(23)20-13-15-9-5-3-6-10-15;/h3,5-6,9-10,16H,2,4,7-8,11-14H2,1H3,(H,20,23)(H2,19,21,22);1H. The predicted molar refractivity (Wildman–Crippen MR) is 110 cm³/mol. The lowest BCUT2D eigenvalue weighted by atomic mass is 9.96. The zero-order valence-electron chi connectivity index (χ0n) is 14.4. The molecule has 1 fully saturated rings. The van der Waals surface area contributed by atoms with Crippen molar-refractivity contribution in [2.45, 2.75) is 51.6 Å². The molecule has 5 nitrogen and oxygen atoms in total. The van der Waals surface area contributed by atoms with Gasteiger partial charge >= 0.3 is 0 Å². The third kappa shape index (κ3) is 7.99. The van der Waals surface area contributed by atoms with Crippen LogP contribution in [0.5, 0.6) is 0 Å². The van der Waals surface area contributed by atoms with Crippen molar-refractivity contribution >= 4 is 35.8 Å². The fourth-order valence-electron chi connectivity index (χ4n) is 2.76. The molecule has 0 atom stereocenters. The first-order valence-corrected chi connectivity index (χ1v) is 8.63. The fourth-order valence-corrected chi connectivity index (χ4v) is 2.76. The summed E-state index contributed by atoms with van der Waals surface area (Å²) in [7, 11) is 0. The number of rotatable bonds is 6. The minimum Gasteiger partial charge on any atom is -0.357 e. The van der Waals surface area contributed by atoms with Crippen LogP contribution in [0.25, 0.3) is 0 Å². The first-order valence-electron chi connectivity index (χ1n) is 8.63. The van der Waals surface area contributed by atoms with Crippen molar-refractivity contribution in [1.29, 1.82) is 0 Å². The van der Waals surface area contributed by atoms with Crippen LogP contribution >= 0.6 is 24.0 Å². The summed E-state index contributed by atoms with van der Waals surface area (Å²) in [5, 5.41) is 9.56. The molecule has 1 aliphatic rings. The third-order valence-corrected chi connectivity index (χ3v) is 4.00. The van der Waals surface area contributed by atoms with Crippen molar-refractivity contribution in [3.8, 4) is 0 Å². The lowest BCUT2D eigenvalue weighted by Gasteiger charge is -2.24. The van der Waals surface area contributed by atoms with Gasteiger partial charge in [0.1, 0.15) is 6.54 Å². The number of benzene rings is 1. The van der Waals surface area contributed by atoms with Crippen molar-refractivity contribution in [3.63, 3.8) is 0 Å². The summed E-state index contributed by atoms with van der Waals surface area (Å²) < 4.78 is 0. The fraction of sp³-hybridized carbons (Fsp3) is 0.556. The molecule has 1 saturated carbocycles. The molecule has 1 aromatic carbocycles. The molecule has 0 unspecified atom stereocenters. The summed E-state index contributed by atoms with van der Waals surface area (Å²) in [6.07, 6.45) is 6.24. The summed E-state index contributed by atoms with van der Waals surface area (Å²) in [6.45, 7) is 3.52. The summed E-state index contributed by atoms with van der Waals surface area (Å²) >= 11 is 0. The average Bonchev–Trinajstić information content (AvgIpc) is 2.60. The molecule has 6 heteroatoms. The molecule has 24 heavy (non-hydrogen) atoms. The van der Waals surface area contributed by atoms with Crippen LogP contribution in [0, 0.1) is 0 Å². The minimum atomic E-state index is -0.0605. The highest BCUT2D eigenvalue weighted by molar-refractivity contribution is 14.0. The quantitative estimate of drug-likeness (QED) is 0.359. The summed E-state index contributed by atoms with van der Waals surface area (Å²) in [4.78, 5) is 16.3. The Morgan fingerprint density at radius 1 is 1.12 bits per heavy atom. The molecule has 0 heterocycles. The Morgan fingerprint density at radius 2 is 1.83 bits per heavy atom. The van der Waals surface area contributed by atoms with Gasteiger partial charge in [-0.15, -0.1) is 24.0 Å². The number of carbonyl (C=O) groups is 1. The Morgan fingerprint density at radius 3 is 2.50 bits per heavy atom. The Labute approximate surface area is 162 Å². The molecular formula is C18H29IN4O. The van der Waals surface area contributed by atoms with Crippen LogP contribution in [0.4, 0.5) is 0 Å². The second kappa shape index (κ2) is 12.1. The van der Waals surface area contributed by atoms with Crippen LogP contribution in [0.15, 0.2) is 35.3 Å². The van der Waals surface area contributed by atoms with E-state index in [1.807, 2.05) is 37.3 Å². The lowest BCUT2D eigenvalue weighted by molar-refractivity contribution is -0.119. The average molecular weight is 444 g/mol. The monoisotopic (exact) mass is 444 g/mol. The van der Waals surface area contributed by atoms with Crippen molar-refractivity contribution in [3.05, 3.63) is 35.9 Å². The summed E-state index contributed by atoms with van der Waals surface area (Å²) in [5.41, 5.74) is 1.09. The largest absolute Gasteiger partial charge is 0.357 e. The van der Waals surface area contributed by atoms with E-state index in [0.29, 0.717) is 12.6 Å². The van der Waals surface area contributed by atoms with Gasteiger partial charge in [0, 0.05) is 19.1 Å². The maximum atomic E-state index is 11.9. The highest BCUT2D eigenvalue weighted by Crippen LogP contribution is 2.17. The topological polar surface area (TPSA) is 65.5 Å². The van der Waals surface area contributed by atoms with Crippen molar-refractivity contribution in [2.24, 2.45) is 4.99 Å². The van der Waals surface area contributed by atoms with Gasteiger partial charge in [-0.1, -0.05) is 49.6 Å². The molecule has 0 bridgehead atoms. The Kier molecular flexibility index (Phi) is 10.5. The Balaban J connectivity index is 0.00000288. The van der Waals surface area contributed by atoms with E-state index in [0.717, 1.165) is 18.1 Å². The van der Waals surface area contributed by atoms with Crippen molar-refractivity contribution < 1.29 is 4.79 Å². The maximum absolute atomic E-state index is 11.9. The molecule has 1 aliphatic carbocycles. The number of nitrogens with one attached hydrogen (secondary N) is 3. The first kappa shape index (κ1) is 20.7. The number of amides is 1. The van der Waals surface area contributed by atoms with Crippen LogP contribution in [0.2, 0.25) is 0 Å². The highest BCUT2D eigenvalue weighted by atomic mass is 127.